The predicted molar refractivity (Wildman–Crippen MR) is 108 cm³/mol. The maximum Gasteiger partial charge on any atom is 0.198 e. The molecule has 0 amide bonds. The first-order valence-corrected chi connectivity index (χ1v) is 9.75. The van der Waals surface area contributed by atoms with Gasteiger partial charge in [0.15, 0.2) is 11.6 Å². The van der Waals surface area contributed by atoms with Crippen LogP contribution in [0.1, 0.15) is 48.7 Å². The summed E-state index contributed by atoms with van der Waals surface area (Å²) < 4.78 is 17.7. The fraction of sp³-hybridized carbons (Fsp3) is 0.300. The number of nitrogens with one attached hydrogen (secondary N) is 2. The van der Waals surface area contributed by atoms with E-state index >= 15 is 0 Å². The highest BCUT2D eigenvalue weighted by molar-refractivity contribution is 8.00. The molecule has 0 bridgehead atoms. The lowest BCUT2D eigenvalue weighted by molar-refractivity contribution is 0.103. The van der Waals surface area contributed by atoms with Crippen molar-refractivity contribution in [2.24, 2.45) is 0 Å². The molecule has 2 aromatic heterocycles. The molecular formula is C20H24FN3OS. The Labute approximate surface area is 157 Å². The summed E-state index contributed by atoms with van der Waals surface area (Å²) in [7, 11) is 0. The van der Waals surface area contributed by atoms with Crippen LogP contribution in [-0.2, 0) is 0 Å². The zero-order chi connectivity index (χ0) is 19.1. The minimum absolute atomic E-state index is 0.0551. The Morgan fingerprint density at radius 1 is 1.31 bits per heavy atom. The average molecular weight is 373 g/mol. The average Bonchev–Trinajstić information content (AvgIpc) is 3.07. The number of fused-ring (bicyclic) bond motifs is 1. The molecule has 0 aliphatic carbocycles. The van der Waals surface area contributed by atoms with Crippen LogP contribution in [0.3, 0.4) is 0 Å². The van der Waals surface area contributed by atoms with Crippen LogP contribution in [0.4, 0.5) is 10.1 Å². The number of aromatic nitrogens is 2. The summed E-state index contributed by atoms with van der Waals surface area (Å²) in [5.74, 6) is -0.0123. The third-order valence-corrected chi connectivity index (χ3v) is 4.62. The lowest BCUT2D eigenvalue weighted by atomic mass is 10.0. The summed E-state index contributed by atoms with van der Waals surface area (Å²) in [6.45, 7) is 7.96. The summed E-state index contributed by atoms with van der Waals surface area (Å²) in [5, 5.41) is 0.707. The van der Waals surface area contributed by atoms with Gasteiger partial charge in [0.1, 0.15) is 5.65 Å². The lowest BCUT2D eigenvalue weighted by Crippen LogP contribution is -2.06. The number of aromatic amines is 1. The number of nitrogens with zero attached hydrogens (tertiary/aromatic N) is 1. The fourth-order valence-electron chi connectivity index (χ4n) is 2.46. The van der Waals surface area contributed by atoms with Gasteiger partial charge in [-0.25, -0.2) is 9.37 Å². The Kier molecular flexibility index (Phi) is 7.21. The predicted octanol–water partition coefficient (Wildman–Crippen LogP) is 5.74. The van der Waals surface area contributed by atoms with E-state index in [1.165, 1.54) is 18.0 Å². The number of anilines is 1. The monoisotopic (exact) mass is 373 g/mol. The van der Waals surface area contributed by atoms with Gasteiger partial charge in [-0.2, -0.15) is 0 Å². The van der Waals surface area contributed by atoms with Crippen LogP contribution >= 0.6 is 11.9 Å². The van der Waals surface area contributed by atoms with E-state index in [0.29, 0.717) is 22.3 Å². The first-order valence-electron chi connectivity index (χ1n) is 8.76. The van der Waals surface area contributed by atoms with Crippen LogP contribution in [0.2, 0.25) is 0 Å². The maximum absolute atomic E-state index is 14.7. The molecule has 0 atom stereocenters. The largest absolute Gasteiger partial charge is 0.345 e. The van der Waals surface area contributed by atoms with Crippen molar-refractivity contribution in [2.45, 2.75) is 34.1 Å². The molecule has 3 aromatic rings. The highest BCUT2D eigenvalue weighted by atomic mass is 32.2. The molecule has 0 spiro atoms. The van der Waals surface area contributed by atoms with Crippen LogP contribution < -0.4 is 4.72 Å². The van der Waals surface area contributed by atoms with E-state index in [4.69, 9.17) is 0 Å². The van der Waals surface area contributed by atoms with Gasteiger partial charge in [0, 0.05) is 29.1 Å². The quantitative estimate of drug-likeness (QED) is 0.329. The Bertz CT molecular complexity index is 892. The van der Waals surface area contributed by atoms with E-state index in [2.05, 4.69) is 21.6 Å². The van der Waals surface area contributed by atoms with Crippen molar-refractivity contribution >= 4 is 34.5 Å². The molecule has 0 aliphatic heterocycles. The van der Waals surface area contributed by atoms with Crippen LogP contribution in [-0.4, -0.2) is 21.5 Å². The second kappa shape index (κ2) is 9.38. The minimum Gasteiger partial charge on any atom is -0.345 e. The van der Waals surface area contributed by atoms with Gasteiger partial charge >= 0.3 is 0 Å². The van der Waals surface area contributed by atoms with E-state index < -0.39 is 5.82 Å². The Balaban J connectivity index is 0.00000117. The number of hydrogen-bond acceptors (Lipinski definition) is 4. The summed E-state index contributed by atoms with van der Waals surface area (Å²) in [4.78, 5) is 20.0. The SMILES string of the molecule is CC.CCCSNc1cccc(C(=O)c2c[nH]c3ncc(C)cc23)c1F. The highest BCUT2D eigenvalue weighted by Gasteiger charge is 2.20. The molecule has 0 saturated heterocycles. The number of halogens is 1. The van der Waals surface area contributed by atoms with E-state index in [0.717, 1.165) is 17.7 Å². The molecule has 0 aliphatic rings. The summed E-state index contributed by atoms with van der Waals surface area (Å²) in [6, 6.07) is 6.71. The van der Waals surface area contributed by atoms with E-state index in [-0.39, 0.29) is 11.3 Å². The van der Waals surface area contributed by atoms with Crippen molar-refractivity contribution in [3.8, 4) is 0 Å². The highest BCUT2D eigenvalue weighted by Crippen LogP contribution is 2.26. The van der Waals surface area contributed by atoms with Crippen molar-refractivity contribution < 1.29 is 9.18 Å². The van der Waals surface area contributed by atoms with Crippen molar-refractivity contribution in [1.82, 2.24) is 9.97 Å². The molecule has 0 radical (unpaired) electrons. The maximum atomic E-state index is 14.7. The first kappa shape index (κ1) is 20.0. The van der Waals surface area contributed by atoms with Crippen LogP contribution in [0, 0.1) is 12.7 Å². The number of benzene rings is 1. The molecule has 2 heterocycles. The third kappa shape index (κ3) is 4.25. The van der Waals surface area contributed by atoms with Gasteiger partial charge in [0.05, 0.1) is 11.3 Å². The number of aryl methyl sites for hydroxylation is 1. The van der Waals surface area contributed by atoms with E-state index in [1.54, 1.807) is 24.5 Å². The summed E-state index contributed by atoms with van der Waals surface area (Å²) in [5.41, 5.74) is 2.38. The molecule has 0 unspecified atom stereocenters. The molecule has 0 fully saturated rings. The van der Waals surface area contributed by atoms with Gasteiger partial charge in [-0.3, -0.25) is 4.79 Å². The molecular weight excluding hydrogens is 349 g/mol. The smallest absolute Gasteiger partial charge is 0.198 e. The topological polar surface area (TPSA) is 57.8 Å². The first-order chi connectivity index (χ1) is 12.6. The number of pyridine rings is 1. The van der Waals surface area contributed by atoms with Gasteiger partial charge < -0.3 is 9.71 Å². The van der Waals surface area contributed by atoms with Crippen molar-refractivity contribution in [2.75, 3.05) is 10.5 Å². The Hall–Kier alpha value is -2.34. The normalized spacial score (nSPS) is 10.3. The molecule has 2 N–H and O–H groups in total. The number of carbonyl (C=O) groups is 1. The number of rotatable bonds is 6. The number of H-pyrrole nitrogens is 1. The number of ketones is 1. The third-order valence-electron chi connectivity index (χ3n) is 3.64. The van der Waals surface area contributed by atoms with Crippen molar-refractivity contribution in [3.63, 3.8) is 0 Å². The van der Waals surface area contributed by atoms with Crippen LogP contribution in [0.25, 0.3) is 11.0 Å². The summed E-state index contributed by atoms with van der Waals surface area (Å²) in [6.07, 6.45) is 4.30. The molecule has 0 saturated carbocycles. The van der Waals surface area contributed by atoms with Gasteiger partial charge in [0.2, 0.25) is 0 Å². The van der Waals surface area contributed by atoms with E-state index in [1.807, 2.05) is 26.8 Å². The zero-order valence-electron chi connectivity index (χ0n) is 15.5. The zero-order valence-corrected chi connectivity index (χ0v) is 16.3. The van der Waals surface area contributed by atoms with Gasteiger partial charge in [-0.1, -0.05) is 38.8 Å². The fourth-order valence-corrected chi connectivity index (χ4v) is 3.08. The van der Waals surface area contributed by atoms with Gasteiger partial charge in [-0.05, 0) is 37.1 Å². The van der Waals surface area contributed by atoms with Crippen molar-refractivity contribution in [3.05, 3.63) is 59.2 Å². The number of carbonyl (C=O) groups excluding carboxylic acids is 1. The Morgan fingerprint density at radius 2 is 2.08 bits per heavy atom. The minimum atomic E-state index is -0.527. The lowest BCUT2D eigenvalue weighted by Gasteiger charge is -2.09. The van der Waals surface area contributed by atoms with Gasteiger partial charge in [-0.15, -0.1) is 0 Å². The molecule has 1 aromatic carbocycles. The molecule has 3 rings (SSSR count). The Morgan fingerprint density at radius 3 is 2.81 bits per heavy atom. The second-order valence-corrected chi connectivity index (χ2v) is 6.46. The molecule has 138 valence electrons. The van der Waals surface area contributed by atoms with Crippen LogP contribution in [0.5, 0.6) is 0 Å². The summed E-state index contributed by atoms with van der Waals surface area (Å²) >= 11 is 1.43. The molecule has 6 heteroatoms. The standard InChI is InChI=1S/C18H18FN3OS.C2H6/c1-3-7-24-22-15-6-4-5-12(16(15)19)17(23)14-10-21-18-13(14)8-11(2)9-20-18;1-2/h4-6,8-10,22H,3,7H2,1-2H3,(H,20,21);1-2H3. The van der Waals surface area contributed by atoms with Gasteiger partial charge in [0.25, 0.3) is 0 Å². The van der Waals surface area contributed by atoms with E-state index in [9.17, 15) is 9.18 Å². The second-order valence-electron chi connectivity index (χ2n) is 5.56. The molecule has 4 nitrogen and oxygen atoms in total. The van der Waals surface area contributed by atoms with Crippen LogP contribution in [0.15, 0.2) is 36.7 Å². The number of hydrogen-bond donors (Lipinski definition) is 2. The molecule has 26 heavy (non-hydrogen) atoms. The van der Waals surface area contributed by atoms with Crippen molar-refractivity contribution in [1.29, 1.82) is 0 Å².